The first-order valence-electron chi connectivity index (χ1n) is 8.67. The third kappa shape index (κ3) is 5.08. The van der Waals surface area contributed by atoms with Gasteiger partial charge in [0.1, 0.15) is 5.69 Å². The van der Waals surface area contributed by atoms with Crippen molar-refractivity contribution in [1.82, 2.24) is 5.32 Å². The monoisotopic (exact) mass is 470 g/mol. The van der Waals surface area contributed by atoms with E-state index in [0.717, 1.165) is 0 Å². The van der Waals surface area contributed by atoms with Crippen molar-refractivity contribution in [2.75, 3.05) is 36.5 Å². The maximum absolute atomic E-state index is 12.5. The average Bonchev–Trinajstić information content (AvgIpc) is 2.72. The lowest BCUT2D eigenvalue weighted by Crippen LogP contribution is -2.37. The van der Waals surface area contributed by atoms with Gasteiger partial charge in [0.25, 0.3) is 11.6 Å². The maximum Gasteiger partial charge on any atom is 0.293 e. The van der Waals surface area contributed by atoms with Crippen LogP contribution in [0.5, 0.6) is 5.75 Å². The Labute approximate surface area is 186 Å². The standard InChI is InChI=1S/C18H16Cl2N4O5S/c19-12-8-11(9-13(20)16(12)25)21-18(30)22-17(26)10-1-2-14(15(7-10)24(27)28)23-3-5-29-6-4-23/h1-2,7-9,25H,3-6H2,(H2,21,22,26,30). The van der Waals surface area contributed by atoms with Crippen LogP contribution in [0.4, 0.5) is 17.1 Å². The number of hydrogen-bond acceptors (Lipinski definition) is 7. The zero-order valence-corrected chi connectivity index (χ0v) is 17.7. The lowest BCUT2D eigenvalue weighted by atomic mass is 10.1. The highest BCUT2D eigenvalue weighted by Crippen LogP contribution is 2.34. The molecule has 0 radical (unpaired) electrons. The van der Waals surface area contributed by atoms with Crippen molar-refractivity contribution >= 4 is 63.5 Å². The summed E-state index contributed by atoms with van der Waals surface area (Å²) in [5.41, 5.74) is 0.667. The summed E-state index contributed by atoms with van der Waals surface area (Å²) >= 11 is 16.8. The fourth-order valence-electron chi connectivity index (χ4n) is 2.86. The van der Waals surface area contributed by atoms with Gasteiger partial charge in [-0.2, -0.15) is 0 Å². The lowest BCUT2D eigenvalue weighted by molar-refractivity contribution is -0.384. The molecule has 0 spiro atoms. The van der Waals surface area contributed by atoms with Crippen molar-refractivity contribution in [3.63, 3.8) is 0 Å². The van der Waals surface area contributed by atoms with Gasteiger partial charge in [0.15, 0.2) is 10.9 Å². The first kappa shape index (κ1) is 22.0. The van der Waals surface area contributed by atoms with Crippen LogP contribution in [0.2, 0.25) is 10.0 Å². The van der Waals surface area contributed by atoms with Crippen molar-refractivity contribution in [1.29, 1.82) is 0 Å². The number of rotatable bonds is 4. The third-order valence-corrected chi connectivity index (χ3v) is 5.07. The van der Waals surface area contributed by atoms with E-state index in [1.165, 1.54) is 30.3 Å². The second-order valence-electron chi connectivity index (χ2n) is 6.26. The van der Waals surface area contributed by atoms with Crippen LogP contribution < -0.4 is 15.5 Å². The number of nitrogens with one attached hydrogen (secondary N) is 2. The molecule has 0 unspecified atom stereocenters. The molecular formula is C18H16Cl2N4O5S. The van der Waals surface area contributed by atoms with Crippen LogP contribution in [0.1, 0.15) is 10.4 Å². The number of ether oxygens (including phenoxy) is 1. The molecule has 0 aliphatic carbocycles. The van der Waals surface area contributed by atoms with E-state index in [1.807, 2.05) is 4.90 Å². The summed E-state index contributed by atoms with van der Waals surface area (Å²) in [7, 11) is 0. The third-order valence-electron chi connectivity index (χ3n) is 4.29. The number of anilines is 2. The van der Waals surface area contributed by atoms with Gasteiger partial charge in [-0.3, -0.25) is 20.2 Å². The van der Waals surface area contributed by atoms with Gasteiger partial charge >= 0.3 is 0 Å². The van der Waals surface area contributed by atoms with Crippen LogP contribution in [0.15, 0.2) is 30.3 Å². The Morgan fingerprint density at radius 3 is 2.43 bits per heavy atom. The van der Waals surface area contributed by atoms with Gasteiger partial charge in [-0.25, -0.2) is 0 Å². The van der Waals surface area contributed by atoms with Gasteiger partial charge in [-0.1, -0.05) is 23.2 Å². The van der Waals surface area contributed by atoms with E-state index in [1.54, 1.807) is 0 Å². The number of halogens is 2. The summed E-state index contributed by atoms with van der Waals surface area (Å²) in [6.07, 6.45) is 0. The number of thiocarbonyl (C=S) groups is 1. The molecule has 3 rings (SSSR count). The van der Waals surface area contributed by atoms with Crippen LogP contribution in [-0.4, -0.2) is 47.4 Å². The summed E-state index contributed by atoms with van der Waals surface area (Å²) in [6, 6.07) is 6.99. The molecule has 0 saturated carbocycles. The fourth-order valence-corrected chi connectivity index (χ4v) is 3.56. The Morgan fingerprint density at radius 2 is 1.83 bits per heavy atom. The van der Waals surface area contributed by atoms with Gasteiger partial charge < -0.3 is 20.1 Å². The number of phenolic OH excluding ortho intramolecular Hbond substituents is 1. The highest BCUT2D eigenvalue weighted by Gasteiger charge is 2.23. The molecule has 2 aromatic carbocycles. The molecule has 3 N–H and O–H groups in total. The van der Waals surface area contributed by atoms with Gasteiger partial charge in [-0.15, -0.1) is 0 Å². The van der Waals surface area contributed by atoms with Crippen LogP contribution in [-0.2, 0) is 4.74 Å². The summed E-state index contributed by atoms with van der Waals surface area (Å²) in [6.45, 7) is 2.01. The highest BCUT2D eigenvalue weighted by molar-refractivity contribution is 7.80. The summed E-state index contributed by atoms with van der Waals surface area (Å²) in [4.78, 5) is 25.3. The minimum Gasteiger partial charge on any atom is -0.505 e. The van der Waals surface area contributed by atoms with E-state index >= 15 is 0 Å². The quantitative estimate of drug-likeness (QED) is 0.268. The van der Waals surface area contributed by atoms with Crippen molar-refractivity contribution < 1.29 is 19.6 Å². The first-order valence-corrected chi connectivity index (χ1v) is 9.84. The number of morpholine rings is 1. The molecule has 0 atom stereocenters. The normalized spacial score (nSPS) is 13.6. The molecule has 12 heteroatoms. The van der Waals surface area contributed by atoms with E-state index in [4.69, 9.17) is 40.2 Å². The number of aromatic hydroxyl groups is 1. The van der Waals surface area contributed by atoms with Crippen molar-refractivity contribution in [2.24, 2.45) is 0 Å². The molecule has 1 aliphatic rings. The van der Waals surface area contributed by atoms with E-state index in [9.17, 15) is 20.0 Å². The highest BCUT2D eigenvalue weighted by atomic mass is 35.5. The van der Waals surface area contributed by atoms with Crippen molar-refractivity contribution in [3.8, 4) is 5.75 Å². The molecule has 1 aliphatic heterocycles. The molecule has 1 heterocycles. The largest absolute Gasteiger partial charge is 0.505 e. The van der Waals surface area contributed by atoms with Gasteiger partial charge in [-0.05, 0) is 36.5 Å². The van der Waals surface area contributed by atoms with Crippen molar-refractivity contribution in [3.05, 3.63) is 56.1 Å². The second-order valence-corrected chi connectivity index (χ2v) is 7.48. The van der Waals surface area contributed by atoms with E-state index in [-0.39, 0.29) is 32.2 Å². The van der Waals surface area contributed by atoms with Gasteiger partial charge in [0, 0.05) is 30.4 Å². The number of hydrogen-bond donors (Lipinski definition) is 3. The summed E-state index contributed by atoms with van der Waals surface area (Å²) in [5, 5.41) is 26.2. The molecule has 2 aromatic rings. The Hall–Kier alpha value is -2.66. The number of nitro groups is 1. The number of carbonyl (C=O) groups excluding carboxylic acids is 1. The zero-order valence-electron chi connectivity index (χ0n) is 15.4. The van der Waals surface area contributed by atoms with E-state index in [0.29, 0.717) is 37.7 Å². The van der Waals surface area contributed by atoms with E-state index in [2.05, 4.69) is 10.6 Å². The first-order chi connectivity index (χ1) is 14.3. The Kier molecular flexibility index (Phi) is 6.93. The Morgan fingerprint density at radius 1 is 1.20 bits per heavy atom. The van der Waals surface area contributed by atoms with Crippen LogP contribution >= 0.6 is 35.4 Å². The van der Waals surface area contributed by atoms with Crippen LogP contribution in [0, 0.1) is 10.1 Å². The number of amides is 1. The summed E-state index contributed by atoms with van der Waals surface area (Å²) in [5.74, 6) is -0.897. The van der Waals surface area contributed by atoms with Crippen LogP contribution in [0.3, 0.4) is 0 Å². The zero-order chi connectivity index (χ0) is 21.8. The number of nitro benzene ring substituents is 1. The number of carbonyl (C=O) groups is 1. The molecule has 0 bridgehead atoms. The molecule has 9 nitrogen and oxygen atoms in total. The van der Waals surface area contributed by atoms with Crippen molar-refractivity contribution in [2.45, 2.75) is 0 Å². The van der Waals surface area contributed by atoms with Gasteiger partial charge in [0.2, 0.25) is 0 Å². The van der Waals surface area contributed by atoms with E-state index < -0.39 is 10.8 Å². The Balaban J connectivity index is 1.73. The SMILES string of the molecule is O=C(NC(=S)Nc1cc(Cl)c(O)c(Cl)c1)c1ccc(N2CCOCC2)c([N+](=O)[O-])c1. The minimum atomic E-state index is -0.625. The predicted molar refractivity (Wildman–Crippen MR) is 118 cm³/mol. The van der Waals surface area contributed by atoms with Gasteiger partial charge in [0.05, 0.1) is 28.2 Å². The second kappa shape index (κ2) is 9.43. The Bertz CT molecular complexity index is 991. The molecule has 1 fully saturated rings. The molecule has 1 amide bonds. The number of nitrogens with zero attached hydrogens (tertiary/aromatic N) is 2. The topological polar surface area (TPSA) is 117 Å². The van der Waals surface area contributed by atoms with Crippen LogP contribution in [0.25, 0.3) is 0 Å². The smallest absolute Gasteiger partial charge is 0.293 e. The predicted octanol–water partition coefficient (Wildman–Crippen LogP) is 3.57. The average molecular weight is 471 g/mol. The minimum absolute atomic E-state index is 0.00783. The molecule has 1 saturated heterocycles. The molecule has 0 aromatic heterocycles. The molecular weight excluding hydrogens is 455 g/mol. The maximum atomic E-state index is 12.5. The number of benzene rings is 2. The lowest BCUT2D eigenvalue weighted by Gasteiger charge is -2.28. The molecule has 30 heavy (non-hydrogen) atoms. The number of phenols is 1. The summed E-state index contributed by atoms with van der Waals surface area (Å²) < 4.78 is 5.27. The molecule has 158 valence electrons. The fraction of sp³-hybridized carbons (Fsp3) is 0.222.